The van der Waals surface area contributed by atoms with Crippen molar-refractivity contribution in [3.8, 4) is 5.75 Å². The van der Waals surface area contributed by atoms with Crippen LogP contribution in [-0.2, 0) is 10.0 Å². The van der Waals surface area contributed by atoms with Crippen molar-refractivity contribution in [2.24, 2.45) is 0 Å². The van der Waals surface area contributed by atoms with E-state index in [2.05, 4.69) is 31.3 Å². The number of aliphatic hydroxyl groups excluding tert-OH is 1. The molecule has 0 bridgehead atoms. The smallest absolute Gasteiger partial charge is 0.246 e. The second kappa shape index (κ2) is 10.4. The predicted molar refractivity (Wildman–Crippen MR) is 139 cm³/mol. The lowest BCUT2D eigenvalue weighted by Gasteiger charge is -2.32. The number of aromatic hydroxyl groups is 1. The van der Waals surface area contributed by atoms with E-state index < -0.39 is 10.0 Å². The molecule has 4 rings (SSSR count). The Morgan fingerprint density at radius 1 is 1.29 bits per heavy atom. The molecule has 3 aromatic rings. The first-order valence-corrected chi connectivity index (χ1v) is 13.6. The third kappa shape index (κ3) is 5.07. The van der Waals surface area contributed by atoms with E-state index in [1.165, 1.54) is 16.4 Å². The molecule has 0 radical (unpaired) electrons. The molecule has 1 aromatic carbocycles. The molecule has 186 valence electrons. The number of hydrogen-bond donors (Lipinski definition) is 3. The lowest BCUT2D eigenvalue weighted by Crippen LogP contribution is -2.42. The molecular formula is C24H28BrN5O4S. The van der Waals surface area contributed by atoms with Gasteiger partial charge in [-0.2, -0.15) is 13.9 Å². The number of phenolic OH excluding ortho intramolecular Hbond substituents is 1. The Labute approximate surface area is 213 Å². The minimum absolute atomic E-state index is 0.00100. The highest BCUT2D eigenvalue weighted by atomic mass is 79.9. The monoisotopic (exact) mass is 561 g/mol. The quantitative estimate of drug-likeness (QED) is 0.282. The number of rotatable bonds is 7. The van der Waals surface area contributed by atoms with Gasteiger partial charge in [-0.1, -0.05) is 25.1 Å². The van der Waals surface area contributed by atoms with Gasteiger partial charge >= 0.3 is 0 Å². The number of sulfonamides is 1. The number of para-hydroxylation sites is 1. The number of benzene rings is 1. The van der Waals surface area contributed by atoms with Gasteiger partial charge in [-0.15, -0.1) is 0 Å². The Morgan fingerprint density at radius 2 is 2.00 bits per heavy atom. The summed E-state index contributed by atoms with van der Waals surface area (Å²) in [5.41, 5.74) is 1.83. The number of hydrogen-bond acceptors (Lipinski definition) is 7. The maximum atomic E-state index is 13.0. The average molecular weight is 562 g/mol. The van der Waals surface area contributed by atoms with Crippen molar-refractivity contribution < 1.29 is 18.6 Å². The van der Waals surface area contributed by atoms with Crippen LogP contribution in [0.1, 0.15) is 38.8 Å². The summed E-state index contributed by atoms with van der Waals surface area (Å²) in [4.78, 5) is 4.61. The van der Waals surface area contributed by atoms with Gasteiger partial charge in [0.2, 0.25) is 10.0 Å². The van der Waals surface area contributed by atoms with E-state index in [0.29, 0.717) is 55.1 Å². The van der Waals surface area contributed by atoms with Crippen LogP contribution in [-0.4, -0.2) is 56.7 Å². The molecule has 0 spiro atoms. The molecular weight excluding hydrogens is 534 g/mol. The molecule has 11 heteroatoms. The second-order valence-corrected chi connectivity index (χ2v) is 11.0. The highest BCUT2D eigenvalue weighted by Gasteiger charge is 2.31. The van der Waals surface area contributed by atoms with Crippen molar-refractivity contribution in [2.45, 2.75) is 44.0 Å². The zero-order valence-electron chi connectivity index (χ0n) is 19.5. The number of piperidine rings is 1. The Kier molecular flexibility index (Phi) is 7.48. The number of phenols is 1. The first-order valence-electron chi connectivity index (χ1n) is 11.4. The topological polar surface area (TPSA) is 120 Å². The van der Waals surface area contributed by atoms with Gasteiger partial charge < -0.3 is 15.5 Å². The summed E-state index contributed by atoms with van der Waals surface area (Å²) in [6, 6.07) is 7.83. The van der Waals surface area contributed by atoms with Crippen molar-refractivity contribution in [2.75, 3.05) is 18.4 Å². The first kappa shape index (κ1) is 25.2. The Morgan fingerprint density at radius 3 is 2.66 bits per heavy atom. The van der Waals surface area contributed by atoms with E-state index in [9.17, 15) is 18.6 Å². The fourth-order valence-electron chi connectivity index (χ4n) is 4.17. The number of allylic oxidation sites excluding steroid dienone is 3. The third-order valence-electron chi connectivity index (χ3n) is 5.96. The van der Waals surface area contributed by atoms with Crippen LogP contribution in [0.3, 0.4) is 0 Å². The molecule has 35 heavy (non-hydrogen) atoms. The molecule has 1 saturated heterocycles. The van der Waals surface area contributed by atoms with Crippen LogP contribution in [0.2, 0.25) is 0 Å². The van der Waals surface area contributed by atoms with E-state index in [1.807, 2.05) is 26.0 Å². The third-order valence-corrected chi connectivity index (χ3v) is 8.46. The number of nitrogens with one attached hydrogen (secondary N) is 1. The van der Waals surface area contributed by atoms with E-state index in [-0.39, 0.29) is 22.4 Å². The van der Waals surface area contributed by atoms with Crippen molar-refractivity contribution in [3.63, 3.8) is 0 Å². The van der Waals surface area contributed by atoms with Crippen LogP contribution in [0.4, 0.5) is 5.82 Å². The molecule has 0 unspecified atom stereocenters. The zero-order chi connectivity index (χ0) is 25.2. The molecule has 1 aliphatic heterocycles. The zero-order valence-corrected chi connectivity index (χ0v) is 21.9. The molecule has 0 aliphatic carbocycles. The molecule has 2 aromatic heterocycles. The maximum Gasteiger partial charge on any atom is 0.246 e. The Bertz CT molecular complexity index is 1390. The average Bonchev–Trinajstić information content (AvgIpc) is 3.21. The van der Waals surface area contributed by atoms with Gasteiger partial charge in [0.1, 0.15) is 22.2 Å². The van der Waals surface area contributed by atoms with E-state index in [4.69, 9.17) is 0 Å². The van der Waals surface area contributed by atoms with Crippen molar-refractivity contribution in [1.29, 1.82) is 0 Å². The van der Waals surface area contributed by atoms with Crippen molar-refractivity contribution >= 4 is 43.0 Å². The van der Waals surface area contributed by atoms with Gasteiger partial charge in [0, 0.05) is 30.8 Å². The number of anilines is 1. The van der Waals surface area contributed by atoms with Crippen LogP contribution < -0.4 is 5.32 Å². The maximum absolute atomic E-state index is 13.0. The number of aliphatic hydroxyl groups is 1. The number of nitrogens with zero attached hydrogens (tertiary/aromatic N) is 4. The van der Waals surface area contributed by atoms with Gasteiger partial charge in [-0.3, -0.25) is 0 Å². The van der Waals surface area contributed by atoms with Gasteiger partial charge in [-0.05, 0) is 60.3 Å². The van der Waals surface area contributed by atoms with Crippen LogP contribution in [0.5, 0.6) is 5.75 Å². The summed E-state index contributed by atoms with van der Waals surface area (Å²) in [7, 11) is -3.78. The Balaban J connectivity index is 1.57. The highest BCUT2D eigenvalue weighted by Crippen LogP contribution is 2.30. The Hall–Kier alpha value is -2.89. The highest BCUT2D eigenvalue weighted by molar-refractivity contribution is 9.10. The summed E-state index contributed by atoms with van der Waals surface area (Å²) in [5.74, 6) is 0.612. The standard InChI is InChI=1S/C24H28BrN5O4S/c1-3-7-20(31)17(4-2)19-14-23(30-24(28-19)18(25)15-26-30)27-16-10-12-29(13-11-16)35(33,34)22-9-6-5-8-21(22)32/h4-9,14-16,27,31-32H,3,10-13H2,1-2H3/b17-4-,20-7+. The largest absolute Gasteiger partial charge is 0.508 e. The van der Waals surface area contributed by atoms with Gasteiger partial charge in [0.05, 0.1) is 16.4 Å². The summed E-state index contributed by atoms with van der Waals surface area (Å²) in [6.45, 7) is 4.43. The minimum atomic E-state index is -3.78. The van der Waals surface area contributed by atoms with E-state index in [1.54, 1.807) is 28.9 Å². The summed E-state index contributed by atoms with van der Waals surface area (Å²) in [6.07, 6.45) is 7.06. The van der Waals surface area contributed by atoms with Crippen LogP contribution in [0.25, 0.3) is 11.2 Å². The molecule has 9 nitrogen and oxygen atoms in total. The predicted octanol–water partition coefficient (Wildman–Crippen LogP) is 4.72. The fraction of sp³-hybridized carbons (Fsp3) is 0.333. The molecule has 0 atom stereocenters. The van der Waals surface area contributed by atoms with Gasteiger partial charge in [0.25, 0.3) is 0 Å². The summed E-state index contributed by atoms with van der Waals surface area (Å²) in [5, 5.41) is 28.4. The minimum Gasteiger partial charge on any atom is -0.508 e. The lowest BCUT2D eigenvalue weighted by molar-refractivity contribution is 0.327. The number of halogens is 1. The first-order chi connectivity index (χ1) is 16.8. The summed E-state index contributed by atoms with van der Waals surface area (Å²) < 4.78 is 29.8. The van der Waals surface area contributed by atoms with Gasteiger partial charge in [0.15, 0.2) is 5.65 Å². The summed E-state index contributed by atoms with van der Waals surface area (Å²) >= 11 is 3.49. The molecule has 3 N–H and O–H groups in total. The number of fused-ring (bicyclic) bond motifs is 1. The molecule has 1 aliphatic rings. The molecule has 3 heterocycles. The molecule has 0 amide bonds. The second-order valence-electron chi connectivity index (χ2n) is 8.24. The molecule has 1 fully saturated rings. The van der Waals surface area contributed by atoms with Crippen LogP contribution >= 0.6 is 15.9 Å². The SMILES string of the molecule is C/C=C(\C(O)=C/CC)c1cc(NC2CCN(S(=O)(=O)c3ccccc3O)CC2)n2ncc(Br)c2n1. The van der Waals surface area contributed by atoms with E-state index >= 15 is 0 Å². The van der Waals surface area contributed by atoms with Crippen LogP contribution in [0.15, 0.2) is 63.8 Å². The van der Waals surface area contributed by atoms with Crippen molar-refractivity contribution in [3.05, 3.63) is 64.6 Å². The van der Waals surface area contributed by atoms with E-state index in [0.717, 1.165) is 4.47 Å². The van der Waals surface area contributed by atoms with Gasteiger partial charge in [-0.25, -0.2) is 13.4 Å². The fourth-order valence-corrected chi connectivity index (χ4v) is 6.07. The lowest BCUT2D eigenvalue weighted by atomic mass is 10.1. The normalized spacial score (nSPS) is 16.7. The van der Waals surface area contributed by atoms with Crippen LogP contribution in [0, 0.1) is 0 Å². The molecule has 0 saturated carbocycles. The number of aromatic nitrogens is 3. The van der Waals surface area contributed by atoms with Crippen molar-refractivity contribution in [1.82, 2.24) is 18.9 Å².